The van der Waals surface area contributed by atoms with Crippen molar-refractivity contribution in [3.05, 3.63) is 72.0 Å². The summed E-state index contributed by atoms with van der Waals surface area (Å²) in [6.07, 6.45) is 3.20. The Hall–Kier alpha value is -3.95. The molecule has 1 saturated heterocycles. The molecule has 3 aromatic rings. The predicted octanol–water partition coefficient (Wildman–Crippen LogP) is 4.85. The number of piperidine rings is 1. The van der Waals surface area contributed by atoms with Gasteiger partial charge in [0, 0.05) is 44.1 Å². The summed E-state index contributed by atoms with van der Waals surface area (Å²) in [7, 11) is 1.64. The number of phenols is 1. The molecule has 2 N–H and O–H groups in total. The number of fused-ring (bicyclic) bond motifs is 1. The van der Waals surface area contributed by atoms with E-state index < -0.39 is 0 Å². The third-order valence-corrected chi connectivity index (χ3v) is 8.40. The van der Waals surface area contributed by atoms with E-state index >= 15 is 0 Å². The quantitative estimate of drug-likeness (QED) is 0.356. The molecule has 0 unspecified atom stereocenters. The van der Waals surface area contributed by atoms with Crippen LogP contribution in [0.2, 0.25) is 0 Å². The number of amides is 2. The standard InChI is InChI=1S/C33H36FN3O5/c1-41-14-4-13-36-30-18-24(9-10-31(30)42-20-32(36)39)37(23-7-8-23)33(40)28-19-35-12-11-26(28)21-15-22(17-25(38)16-21)27-5-2-3-6-29(27)34/h2-3,5-6,9-10,15-18,23,26,28,35,38H,4,7-8,11-14,19-20H2,1H3/t26-,28+/m1/s1. The van der Waals surface area contributed by atoms with E-state index in [-0.39, 0.29) is 47.9 Å². The van der Waals surface area contributed by atoms with Crippen molar-refractivity contribution in [3.8, 4) is 22.6 Å². The fourth-order valence-corrected chi connectivity index (χ4v) is 6.20. The number of phenolic OH excluding ortho intramolecular Hbond substituents is 1. The maximum atomic E-state index is 14.6. The summed E-state index contributed by atoms with van der Waals surface area (Å²) in [4.78, 5) is 30.8. The Kier molecular flexibility index (Phi) is 8.13. The number of carbonyl (C=O) groups is 2. The first-order chi connectivity index (χ1) is 20.4. The molecule has 42 heavy (non-hydrogen) atoms. The minimum atomic E-state index is -0.388. The summed E-state index contributed by atoms with van der Waals surface area (Å²) >= 11 is 0. The van der Waals surface area contributed by atoms with E-state index in [0.717, 1.165) is 30.6 Å². The number of carbonyl (C=O) groups excluding carboxylic acids is 2. The fraction of sp³-hybridized carbons (Fsp3) is 0.394. The molecule has 2 atom stereocenters. The van der Waals surface area contributed by atoms with E-state index in [0.29, 0.717) is 55.1 Å². The molecule has 0 radical (unpaired) electrons. The van der Waals surface area contributed by atoms with Crippen molar-refractivity contribution in [1.82, 2.24) is 5.32 Å². The number of anilines is 2. The van der Waals surface area contributed by atoms with E-state index in [1.54, 1.807) is 42.3 Å². The monoisotopic (exact) mass is 573 g/mol. The first-order valence-corrected chi connectivity index (χ1v) is 14.6. The third-order valence-electron chi connectivity index (χ3n) is 8.40. The van der Waals surface area contributed by atoms with Crippen LogP contribution in [0.1, 0.15) is 37.2 Å². The molecule has 0 aromatic heterocycles. The molecular weight excluding hydrogens is 537 g/mol. The van der Waals surface area contributed by atoms with Crippen molar-refractivity contribution in [1.29, 1.82) is 0 Å². The van der Waals surface area contributed by atoms with Crippen LogP contribution in [0, 0.1) is 11.7 Å². The van der Waals surface area contributed by atoms with Crippen LogP contribution in [0.15, 0.2) is 60.7 Å². The topological polar surface area (TPSA) is 91.3 Å². The van der Waals surface area contributed by atoms with E-state index in [9.17, 15) is 19.1 Å². The lowest BCUT2D eigenvalue weighted by Crippen LogP contribution is -2.47. The summed E-state index contributed by atoms with van der Waals surface area (Å²) in [5, 5.41) is 14.0. The highest BCUT2D eigenvalue weighted by molar-refractivity contribution is 6.01. The number of halogens is 1. The van der Waals surface area contributed by atoms with E-state index in [1.165, 1.54) is 6.07 Å². The molecule has 2 amide bonds. The Balaban J connectivity index is 1.32. The van der Waals surface area contributed by atoms with Gasteiger partial charge in [-0.15, -0.1) is 0 Å². The molecule has 3 aliphatic rings. The second-order valence-corrected chi connectivity index (χ2v) is 11.3. The number of ether oxygens (including phenoxy) is 2. The van der Waals surface area contributed by atoms with E-state index in [2.05, 4.69) is 5.32 Å². The smallest absolute Gasteiger partial charge is 0.265 e. The van der Waals surface area contributed by atoms with Gasteiger partial charge in [0.25, 0.3) is 5.91 Å². The molecule has 3 aromatic carbocycles. The van der Waals surface area contributed by atoms with Gasteiger partial charge in [-0.1, -0.05) is 24.3 Å². The Morgan fingerprint density at radius 3 is 2.76 bits per heavy atom. The van der Waals surface area contributed by atoms with Crippen LogP contribution >= 0.6 is 0 Å². The minimum absolute atomic E-state index is 0.000535. The lowest BCUT2D eigenvalue weighted by molar-refractivity contribution is -0.123. The SMILES string of the molecule is COCCCN1C(=O)COc2ccc(N(C(=O)[C@H]3CNCC[C@@H]3c3cc(O)cc(-c4ccccc4F)c3)C3CC3)cc21. The molecule has 220 valence electrons. The van der Waals surface area contributed by atoms with Gasteiger partial charge in [0.1, 0.15) is 17.3 Å². The van der Waals surface area contributed by atoms with Gasteiger partial charge in [0.2, 0.25) is 5.91 Å². The molecule has 1 aliphatic carbocycles. The minimum Gasteiger partial charge on any atom is -0.508 e. The Labute approximate surface area is 245 Å². The van der Waals surface area contributed by atoms with E-state index in [4.69, 9.17) is 9.47 Å². The third kappa shape index (κ3) is 5.71. The van der Waals surface area contributed by atoms with Crippen LogP contribution in [0.4, 0.5) is 15.8 Å². The molecule has 0 bridgehead atoms. The molecule has 8 nitrogen and oxygen atoms in total. The Morgan fingerprint density at radius 1 is 1.14 bits per heavy atom. The molecule has 2 fully saturated rings. The zero-order valence-electron chi connectivity index (χ0n) is 23.7. The predicted molar refractivity (Wildman–Crippen MR) is 159 cm³/mol. The molecule has 2 heterocycles. The highest BCUT2D eigenvalue weighted by Gasteiger charge is 2.41. The van der Waals surface area contributed by atoms with Gasteiger partial charge in [0.05, 0.1) is 11.6 Å². The molecule has 6 rings (SSSR count). The van der Waals surface area contributed by atoms with Gasteiger partial charge in [-0.25, -0.2) is 4.39 Å². The summed E-state index contributed by atoms with van der Waals surface area (Å²) < 4.78 is 25.5. The first-order valence-electron chi connectivity index (χ1n) is 14.6. The highest BCUT2D eigenvalue weighted by Crippen LogP contribution is 2.42. The van der Waals surface area contributed by atoms with Crippen molar-refractivity contribution < 1.29 is 28.6 Å². The zero-order valence-corrected chi connectivity index (χ0v) is 23.7. The number of rotatable bonds is 9. The van der Waals surface area contributed by atoms with Gasteiger partial charge in [0.15, 0.2) is 6.61 Å². The van der Waals surface area contributed by atoms with Gasteiger partial charge in [-0.2, -0.15) is 0 Å². The number of hydrogen-bond acceptors (Lipinski definition) is 6. The Morgan fingerprint density at radius 2 is 1.98 bits per heavy atom. The normalized spacial score (nSPS) is 20.1. The molecule has 0 spiro atoms. The van der Waals surface area contributed by atoms with Crippen LogP contribution in [0.25, 0.3) is 11.1 Å². The van der Waals surface area contributed by atoms with Crippen LogP contribution in [0.5, 0.6) is 11.5 Å². The number of aromatic hydroxyl groups is 1. The Bertz CT molecular complexity index is 1480. The number of nitrogens with zero attached hydrogens (tertiary/aromatic N) is 2. The van der Waals surface area contributed by atoms with Crippen LogP contribution in [-0.4, -0.2) is 62.9 Å². The number of hydrogen-bond donors (Lipinski definition) is 2. The van der Waals surface area contributed by atoms with Crippen molar-refractivity contribution in [2.75, 3.05) is 49.8 Å². The van der Waals surface area contributed by atoms with Crippen LogP contribution in [-0.2, 0) is 14.3 Å². The lowest BCUT2D eigenvalue weighted by Gasteiger charge is -2.36. The largest absolute Gasteiger partial charge is 0.508 e. The molecular formula is C33H36FN3O5. The number of methoxy groups -OCH3 is 1. The van der Waals surface area contributed by atoms with Gasteiger partial charge in [-0.3, -0.25) is 9.59 Å². The van der Waals surface area contributed by atoms with Crippen molar-refractivity contribution in [2.45, 2.75) is 37.6 Å². The summed E-state index contributed by atoms with van der Waals surface area (Å²) in [5.41, 5.74) is 3.21. The summed E-state index contributed by atoms with van der Waals surface area (Å²) in [5.74, 6) is -0.366. The van der Waals surface area contributed by atoms with Crippen LogP contribution < -0.4 is 19.9 Å². The average Bonchev–Trinajstić information content (AvgIpc) is 3.83. The average molecular weight is 574 g/mol. The highest BCUT2D eigenvalue weighted by atomic mass is 19.1. The van der Waals surface area contributed by atoms with E-state index in [1.807, 2.05) is 29.2 Å². The molecule has 9 heteroatoms. The second kappa shape index (κ2) is 12.1. The summed E-state index contributed by atoms with van der Waals surface area (Å²) in [6, 6.07) is 17.4. The van der Waals surface area contributed by atoms with Crippen molar-refractivity contribution in [3.63, 3.8) is 0 Å². The first kappa shape index (κ1) is 28.2. The zero-order chi connectivity index (χ0) is 29.2. The molecule has 1 saturated carbocycles. The number of benzene rings is 3. The number of nitrogens with one attached hydrogen (secondary N) is 1. The van der Waals surface area contributed by atoms with Gasteiger partial charge in [-0.05, 0) is 85.7 Å². The maximum absolute atomic E-state index is 14.6. The van der Waals surface area contributed by atoms with Crippen molar-refractivity contribution in [2.24, 2.45) is 5.92 Å². The second-order valence-electron chi connectivity index (χ2n) is 11.3. The van der Waals surface area contributed by atoms with Crippen molar-refractivity contribution >= 4 is 23.2 Å². The summed E-state index contributed by atoms with van der Waals surface area (Å²) in [6.45, 7) is 2.25. The lowest BCUT2D eigenvalue weighted by atomic mass is 9.79. The van der Waals surface area contributed by atoms with Crippen LogP contribution in [0.3, 0.4) is 0 Å². The fourth-order valence-electron chi connectivity index (χ4n) is 6.20. The maximum Gasteiger partial charge on any atom is 0.265 e. The molecule has 2 aliphatic heterocycles. The van der Waals surface area contributed by atoms with Gasteiger partial charge < -0.3 is 29.7 Å². The van der Waals surface area contributed by atoms with Gasteiger partial charge >= 0.3 is 0 Å².